The lowest BCUT2D eigenvalue weighted by Gasteiger charge is -2.32. The number of hydrogen-bond acceptors (Lipinski definition) is 6. The summed E-state index contributed by atoms with van der Waals surface area (Å²) in [5, 5.41) is 4.12. The van der Waals surface area contributed by atoms with E-state index in [1.165, 1.54) is 16.7 Å². The molecule has 49 heavy (non-hydrogen) atoms. The zero-order valence-corrected chi connectivity index (χ0v) is 27.7. The predicted octanol–water partition coefficient (Wildman–Crippen LogP) is 6.56. The summed E-state index contributed by atoms with van der Waals surface area (Å²) in [5.41, 5.74) is 11.8. The molecule has 0 amide bonds. The molecule has 3 heterocycles. The van der Waals surface area contributed by atoms with Gasteiger partial charge in [-0.25, -0.2) is 9.18 Å². The van der Waals surface area contributed by atoms with E-state index < -0.39 is 23.2 Å². The lowest BCUT2D eigenvalue weighted by atomic mass is 9.91. The van der Waals surface area contributed by atoms with Crippen LogP contribution in [-0.4, -0.2) is 46.1 Å². The van der Waals surface area contributed by atoms with Gasteiger partial charge in [0.25, 0.3) is 0 Å². The monoisotopic (exact) mass is 681 g/mol. The number of aromatic nitrogens is 3. The summed E-state index contributed by atoms with van der Waals surface area (Å²) < 4.78 is 64.4. The highest BCUT2D eigenvalue weighted by molar-refractivity contribution is 5.83. The van der Waals surface area contributed by atoms with Crippen LogP contribution >= 0.6 is 0 Å². The number of H-pyrrole nitrogens is 1. The van der Waals surface area contributed by atoms with Crippen LogP contribution in [0.3, 0.4) is 0 Å². The molecule has 9 nitrogen and oxygen atoms in total. The fourth-order valence-corrected chi connectivity index (χ4v) is 6.88. The number of alkyl halides is 3. The van der Waals surface area contributed by atoms with E-state index in [9.17, 15) is 18.0 Å². The number of nitrogens with zero attached hydrogens (tertiary/aromatic N) is 3. The number of hydrogen-bond donors (Lipinski definition) is 4. The fraction of sp³-hybridized carbons (Fsp3) is 0.472. The van der Waals surface area contributed by atoms with Crippen LogP contribution < -0.4 is 27.2 Å². The highest BCUT2D eigenvalue weighted by atomic mass is 19.4. The normalized spacial score (nSPS) is 19.4. The maximum atomic E-state index is 15.5. The van der Waals surface area contributed by atoms with Crippen molar-refractivity contribution in [1.82, 2.24) is 19.9 Å². The number of benzene rings is 2. The molecule has 0 spiro atoms. The van der Waals surface area contributed by atoms with Crippen molar-refractivity contribution >= 4 is 16.9 Å². The number of rotatable bonds is 12. The Morgan fingerprint density at radius 1 is 1.16 bits per heavy atom. The molecule has 1 aliphatic carbocycles. The van der Waals surface area contributed by atoms with E-state index >= 15 is 4.39 Å². The molecule has 6 rings (SSSR count). The second kappa shape index (κ2) is 14.3. The Labute approximate surface area is 282 Å². The highest BCUT2D eigenvalue weighted by Crippen LogP contribution is 2.39. The Hall–Kier alpha value is -4.23. The van der Waals surface area contributed by atoms with Crippen molar-refractivity contribution in [2.75, 3.05) is 13.7 Å². The number of aromatic amines is 1. The number of nitrogens with two attached hydrogens (primary N) is 2. The maximum absolute atomic E-state index is 15.5. The third kappa shape index (κ3) is 7.99. The van der Waals surface area contributed by atoms with Crippen LogP contribution in [0.1, 0.15) is 81.0 Å². The summed E-state index contributed by atoms with van der Waals surface area (Å²) in [6, 6.07) is 9.68. The molecule has 1 aliphatic heterocycles. The van der Waals surface area contributed by atoms with E-state index in [1.807, 2.05) is 12.1 Å². The number of fused-ring (bicyclic) bond motifs is 1. The Balaban J connectivity index is 1.27. The second-order valence-corrected chi connectivity index (χ2v) is 13.4. The van der Waals surface area contributed by atoms with Crippen molar-refractivity contribution in [3.63, 3.8) is 0 Å². The molecule has 0 radical (unpaired) electrons. The third-order valence-corrected chi connectivity index (χ3v) is 9.66. The molecule has 6 N–H and O–H groups in total. The molecule has 4 aromatic rings. The molecular formula is C36H43F4N7O2. The van der Waals surface area contributed by atoms with Gasteiger partial charge in [-0.2, -0.15) is 18.2 Å². The van der Waals surface area contributed by atoms with Crippen LogP contribution in [0.25, 0.3) is 28.0 Å². The molecule has 262 valence electrons. The number of piperidine rings is 1. The van der Waals surface area contributed by atoms with Gasteiger partial charge in [-0.1, -0.05) is 12.5 Å². The van der Waals surface area contributed by atoms with E-state index in [-0.39, 0.29) is 35.0 Å². The molecule has 2 aromatic heterocycles. The number of halogens is 4. The minimum absolute atomic E-state index is 0.0267. The molecule has 1 saturated heterocycles. The van der Waals surface area contributed by atoms with Gasteiger partial charge in [0.2, 0.25) is 0 Å². The number of methoxy groups -OCH3 is 1. The van der Waals surface area contributed by atoms with Gasteiger partial charge >= 0.3 is 11.9 Å². The van der Waals surface area contributed by atoms with E-state index in [1.54, 1.807) is 26.3 Å². The lowest BCUT2D eigenvalue weighted by molar-refractivity contribution is -0.140. The zero-order valence-electron chi connectivity index (χ0n) is 27.7. The summed E-state index contributed by atoms with van der Waals surface area (Å²) in [5.74, 6) is 0.273. The molecular weight excluding hydrogens is 638 g/mol. The average molecular weight is 682 g/mol. The standard InChI is InChI=1S/C36H43F4N7O2/c1-20(41)43-14-13-24-6-4-8-30(44-24)26-12-11-25(18-32(26)49-2)47-19-23-17-31(45-34(23)46-35(47)48)27-15-21(5-3-7-29(42)22-9-10-22)16-28(33(27)37)36(38,39)40/h11-12,15-19,22,24,29-30,44H,3-10,13-14,42H2,1-2H3,(H2,41,43)(H,45,46,48)/t24-,29?,30-/m0/s1. The Morgan fingerprint density at radius 2 is 1.96 bits per heavy atom. The Kier molecular flexibility index (Phi) is 10.1. The molecule has 3 atom stereocenters. The summed E-state index contributed by atoms with van der Waals surface area (Å²) in [6.45, 7) is 2.43. The van der Waals surface area contributed by atoms with Crippen molar-refractivity contribution in [2.24, 2.45) is 22.4 Å². The third-order valence-electron chi connectivity index (χ3n) is 9.66. The van der Waals surface area contributed by atoms with E-state index in [2.05, 4.69) is 20.3 Å². The topological polar surface area (TPSA) is 136 Å². The smallest absolute Gasteiger partial charge is 0.419 e. The van der Waals surface area contributed by atoms with Crippen LogP contribution in [-0.2, 0) is 12.6 Å². The van der Waals surface area contributed by atoms with E-state index in [0.29, 0.717) is 59.9 Å². The lowest BCUT2D eigenvalue weighted by Crippen LogP contribution is -2.37. The number of nitrogens with one attached hydrogen (secondary N) is 2. The van der Waals surface area contributed by atoms with Crippen molar-refractivity contribution in [2.45, 2.75) is 89.0 Å². The van der Waals surface area contributed by atoms with Gasteiger partial charge in [0.15, 0.2) is 0 Å². The zero-order chi connectivity index (χ0) is 34.9. The summed E-state index contributed by atoms with van der Waals surface area (Å²) >= 11 is 0. The van der Waals surface area contributed by atoms with Gasteiger partial charge < -0.3 is 26.5 Å². The fourth-order valence-electron chi connectivity index (χ4n) is 6.88. The Bertz CT molecular complexity index is 1890. The quantitative estimate of drug-likeness (QED) is 0.0760. The molecule has 1 unspecified atom stereocenters. The van der Waals surface area contributed by atoms with Crippen LogP contribution in [0.2, 0.25) is 0 Å². The number of aryl methyl sites for hydroxylation is 1. The van der Waals surface area contributed by atoms with Crippen LogP contribution in [0.5, 0.6) is 5.75 Å². The largest absolute Gasteiger partial charge is 0.496 e. The molecule has 0 bridgehead atoms. The average Bonchev–Trinajstić information content (AvgIpc) is 3.84. The van der Waals surface area contributed by atoms with Gasteiger partial charge in [0.05, 0.1) is 29.9 Å². The first-order valence-corrected chi connectivity index (χ1v) is 16.9. The highest BCUT2D eigenvalue weighted by Gasteiger charge is 2.36. The maximum Gasteiger partial charge on any atom is 0.419 e. The van der Waals surface area contributed by atoms with Crippen LogP contribution in [0, 0.1) is 11.7 Å². The molecule has 2 fully saturated rings. The van der Waals surface area contributed by atoms with Crippen LogP contribution in [0.4, 0.5) is 17.6 Å². The number of amidine groups is 1. The SMILES string of the molecule is COc1cc(-n2cc3cc(-c4cc(CCCC(N)C5CC5)cc(C(F)(F)F)c4F)[nH]c3nc2=O)ccc1[C@@H]1CCC[C@@H](CCN=C(C)N)N1. The second-order valence-electron chi connectivity index (χ2n) is 13.4. The van der Waals surface area contributed by atoms with Crippen molar-refractivity contribution < 1.29 is 22.3 Å². The number of ether oxygens (including phenoxy) is 1. The van der Waals surface area contributed by atoms with Crippen molar-refractivity contribution in [3.05, 3.63) is 75.6 Å². The summed E-state index contributed by atoms with van der Waals surface area (Å²) in [7, 11) is 1.57. The van der Waals surface area contributed by atoms with Crippen molar-refractivity contribution in [3.8, 4) is 22.7 Å². The minimum atomic E-state index is -4.88. The summed E-state index contributed by atoms with van der Waals surface area (Å²) in [6.07, 6.45) is 4.31. The predicted molar refractivity (Wildman–Crippen MR) is 183 cm³/mol. The van der Waals surface area contributed by atoms with Gasteiger partial charge in [0, 0.05) is 53.4 Å². The van der Waals surface area contributed by atoms with Crippen molar-refractivity contribution in [1.29, 1.82) is 0 Å². The van der Waals surface area contributed by atoms with E-state index in [0.717, 1.165) is 50.2 Å². The molecule has 13 heteroatoms. The van der Waals surface area contributed by atoms with E-state index in [4.69, 9.17) is 16.2 Å². The molecule has 2 aromatic carbocycles. The minimum Gasteiger partial charge on any atom is -0.496 e. The van der Waals surface area contributed by atoms with Gasteiger partial charge in [-0.05, 0) is 94.0 Å². The van der Waals surface area contributed by atoms with Crippen LogP contribution in [0.15, 0.2) is 52.4 Å². The van der Waals surface area contributed by atoms with Gasteiger partial charge in [-0.3, -0.25) is 9.56 Å². The van der Waals surface area contributed by atoms with Gasteiger partial charge in [0.1, 0.15) is 17.2 Å². The molecule has 2 aliphatic rings. The Morgan fingerprint density at radius 3 is 2.67 bits per heavy atom. The number of aliphatic imine (C=N–C) groups is 1. The first-order chi connectivity index (χ1) is 23.4. The first-order valence-electron chi connectivity index (χ1n) is 16.9. The van der Waals surface area contributed by atoms with Gasteiger partial charge in [-0.15, -0.1) is 0 Å². The summed E-state index contributed by atoms with van der Waals surface area (Å²) in [4.78, 5) is 24.6. The molecule has 1 saturated carbocycles. The first kappa shape index (κ1) is 34.6.